The van der Waals surface area contributed by atoms with Crippen LogP contribution in [-0.2, 0) is 0 Å². The molecule has 0 amide bonds. The van der Waals surface area contributed by atoms with Crippen molar-refractivity contribution in [3.05, 3.63) is 97.3 Å². The zero-order chi connectivity index (χ0) is 21.8. The van der Waals surface area contributed by atoms with E-state index in [1.807, 2.05) is 0 Å². The molecule has 0 aliphatic carbocycles. The number of ketones is 1. The Hall–Kier alpha value is -4.58. The van der Waals surface area contributed by atoms with Gasteiger partial charge in [-0.25, -0.2) is 0 Å². The molecular weight excluding hydrogens is 390 g/mol. The highest BCUT2D eigenvalue weighted by Crippen LogP contribution is 2.29. The number of non-ortho nitro benzene ring substituents is 2. The van der Waals surface area contributed by atoms with E-state index in [1.165, 1.54) is 36.4 Å². The lowest BCUT2D eigenvalue weighted by molar-refractivity contribution is -0.385. The van der Waals surface area contributed by atoms with Crippen molar-refractivity contribution in [1.29, 1.82) is 5.26 Å². The lowest BCUT2D eigenvalue weighted by atomic mass is 10.0. The van der Waals surface area contributed by atoms with Gasteiger partial charge < -0.3 is 4.42 Å². The lowest BCUT2D eigenvalue weighted by Crippen LogP contribution is -2.02. The Labute approximate surface area is 169 Å². The van der Waals surface area contributed by atoms with Gasteiger partial charge >= 0.3 is 0 Å². The summed E-state index contributed by atoms with van der Waals surface area (Å²) in [6.07, 6.45) is 1.24. The Balaban J connectivity index is 1.91. The first kappa shape index (κ1) is 20.2. The highest BCUT2D eigenvalue weighted by molar-refractivity contribution is 6.14. The van der Waals surface area contributed by atoms with Crippen LogP contribution in [0.15, 0.2) is 64.6 Å². The van der Waals surface area contributed by atoms with Gasteiger partial charge in [-0.15, -0.1) is 0 Å². The number of Topliss-reactive ketones (excluding diaryl/α,β-unsaturated/α-hetero) is 1. The first-order valence-corrected chi connectivity index (χ1v) is 8.56. The summed E-state index contributed by atoms with van der Waals surface area (Å²) in [6, 6.07) is 14.4. The number of allylic oxidation sites excluding steroid dienone is 1. The molecule has 9 heteroatoms. The summed E-state index contributed by atoms with van der Waals surface area (Å²) >= 11 is 0. The van der Waals surface area contributed by atoms with Crippen molar-refractivity contribution in [2.24, 2.45) is 0 Å². The smallest absolute Gasteiger partial charge is 0.270 e. The topological polar surface area (TPSA) is 140 Å². The Morgan fingerprint density at radius 3 is 2.37 bits per heavy atom. The molecule has 0 unspecified atom stereocenters. The molecule has 9 nitrogen and oxygen atoms in total. The van der Waals surface area contributed by atoms with E-state index < -0.39 is 15.6 Å². The van der Waals surface area contributed by atoms with E-state index in [9.17, 15) is 30.3 Å². The molecule has 0 atom stereocenters. The van der Waals surface area contributed by atoms with Crippen molar-refractivity contribution in [1.82, 2.24) is 0 Å². The molecule has 0 spiro atoms. The van der Waals surface area contributed by atoms with Crippen LogP contribution in [0.2, 0.25) is 0 Å². The van der Waals surface area contributed by atoms with Crippen molar-refractivity contribution in [3.8, 4) is 17.4 Å². The van der Waals surface area contributed by atoms with Gasteiger partial charge in [0.2, 0.25) is 5.78 Å². The molecule has 1 aromatic heterocycles. The number of carbonyl (C=O) groups excluding carboxylic acids is 1. The molecule has 148 valence electrons. The Morgan fingerprint density at radius 1 is 1.03 bits per heavy atom. The average Bonchev–Trinajstić information content (AvgIpc) is 3.19. The zero-order valence-corrected chi connectivity index (χ0v) is 15.6. The van der Waals surface area contributed by atoms with Crippen LogP contribution in [-0.4, -0.2) is 15.6 Å². The number of nitrogens with zero attached hydrogens (tertiary/aromatic N) is 3. The summed E-state index contributed by atoms with van der Waals surface area (Å²) in [4.78, 5) is 33.2. The van der Waals surface area contributed by atoms with Gasteiger partial charge in [0.25, 0.3) is 11.4 Å². The number of rotatable bonds is 6. The van der Waals surface area contributed by atoms with Crippen molar-refractivity contribution < 1.29 is 19.1 Å². The lowest BCUT2D eigenvalue weighted by Gasteiger charge is -2.02. The molecule has 0 N–H and O–H groups in total. The highest BCUT2D eigenvalue weighted by Gasteiger charge is 2.17. The number of hydrogen-bond donors (Lipinski definition) is 0. The highest BCUT2D eigenvalue weighted by atomic mass is 16.6. The maximum absolute atomic E-state index is 12.6. The fourth-order valence-electron chi connectivity index (χ4n) is 2.82. The molecule has 2 aromatic carbocycles. The minimum absolute atomic E-state index is 0.00925. The second-order valence-corrected chi connectivity index (χ2v) is 6.26. The van der Waals surface area contributed by atoms with E-state index in [2.05, 4.69) is 0 Å². The fourth-order valence-corrected chi connectivity index (χ4v) is 2.82. The predicted octanol–water partition coefficient (Wildman–Crippen LogP) is 4.86. The number of aryl methyl sites for hydroxylation is 1. The van der Waals surface area contributed by atoms with E-state index in [0.717, 1.165) is 6.07 Å². The van der Waals surface area contributed by atoms with E-state index in [0.29, 0.717) is 16.9 Å². The largest absolute Gasteiger partial charge is 0.457 e. The van der Waals surface area contributed by atoms with Crippen LogP contribution in [0.4, 0.5) is 11.4 Å². The molecule has 0 bridgehead atoms. The average molecular weight is 403 g/mol. The minimum atomic E-state index is -0.675. The maximum atomic E-state index is 12.6. The second-order valence-electron chi connectivity index (χ2n) is 6.26. The van der Waals surface area contributed by atoms with Crippen LogP contribution in [0.5, 0.6) is 0 Å². The minimum Gasteiger partial charge on any atom is -0.457 e. The number of hydrogen-bond acceptors (Lipinski definition) is 7. The normalized spacial score (nSPS) is 11.0. The van der Waals surface area contributed by atoms with Crippen LogP contribution < -0.4 is 0 Å². The third-order valence-electron chi connectivity index (χ3n) is 4.28. The second kappa shape index (κ2) is 8.20. The third-order valence-corrected chi connectivity index (χ3v) is 4.28. The summed E-state index contributed by atoms with van der Waals surface area (Å²) < 4.78 is 5.67. The summed E-state index contributed by atoms with van der Waals surface area (Å²) in [5.41, 5.74) is 0.710. The summed E-state index contributed by atoms with van der Waals surface area (Å²) in [6.45, 7) is 1.70. The summed E-state index contributed by atoms with van der Waals surface area (Å²) in [7, 11) is 0. The molecule has 0 radical (unpaired) electrons. The molecular formula is C21H13N3O6. The number of carbonyl (C=O) groups is 1. The summed E-state index contributed by atoms with van der Waals surface area (Å²) in [5, 5.41) is 31.1. The monoisotopic (exact) mass is 403 g/mol. The Morgan fingerprint density at radius 2 is 1.73 bits per heavy atom. The van der Waals surface area contributed by atoms with Gasteiger partial charge in [-0.1, -0.05) is 12.1 Å². The van der Waals surface area contributed by atoms with E-state index in [-0.39, 0.29) is 28.3 Å². The van der Waals surface area contributed by atoms with Crippen LogP contribution in [0.3, 0.4) is 0 Å². The molecule has 0 aliphatic heterocycles. The number of furan rings is 1. The predicted molar refractivity (Wildman–Crippen MR) is 107 cm³/mol. The van der Waals surface area contributed by atoms with Crippen molar-refractivity contribution in [3.63, 3.8) is 0 Å². The van der Waals surface area contributed by atoms with Crippen molar-refractivity contribution in [2.75, 3.05) is 0 Å². The van der Waals surface area contributed by atoms with Crippen LogP contribution in [0.1, 0.15) is 21.7 Å². The van der Waals surface area contributed by atoms with E-state index in [4.69, 9.17) is 4.42 Å². The Kier molecular flexibility index (Phi) is 5.51. The molecule has 0 aliphatic rings. The third kappa shape index (κ3) is 4.13. The van der Waals surface area contributed by atoms with Gasteiger partial charge in [0, 0.05) is 41.5 Å². The fraction of sp³-hybridized carbons (Fsp3) is 0.0476. The molecule has 3 rings (SSSR count). The van der Waals surface area contributed by atoms with Gasteiger partial charge in [-0.05, 0) is 30.7 Å². The molecule has 0 saturated carbocycles. The molecule has 1 heterocycles. The van der Waals surface area contributed by atoms with Gasteiger partial charge in [-0.2, -0.15) is 5.26 Å². The zero-order valence-electron chi connectivity index (χ0n) is 15.6. The molecule has 3 aromatic rings. The molecule has 30 heavy (non-hydrogen) atoms. The molecule has 0 fully saturated rings. The van der Waals surface area contributed by atoms with Gasteiger partial charge in [0.1, 0.15) is 23.2 Å². The SMILES string of the molecule is Cc1cc([N+](=O)[O-])ccc1-c1ccc(/C=C(\C#N)C(=O)c2cccc([N+](=O)[O-])c2)o1. The van der Waals surface area contributed by atoms with Crippen LogP contribution in [0, 0.1) is 38.5 Å². The van der Waals surface area contributed by atoms with Gasteiger partial charge in [0.05, 0.1) is 9.85 Å². The standard InChI is InChI=1S/C21H13N3O6/c1-13-9-17(24(28)29)5-7-19(13)20-8-6-18(30-20)11-15(12-22)21(25)14-3-2-4-16(10-14)23(26)27/h2-11H,1H3/b15-11+. The first-order chi connectivity index (χ1) is 14.3. The first-order valence-electron chi connectivity index (χ1n) is 8.56. The van der Waals surface area contributed by atoms with Crippen molar-refractivity contribution in [2.45, 2.75) is 6.92 Å². The van der Waals surface area contributed by atoms with E-state index >= 15 is 0 Å². The van der Waals surface area contributed by atoms with Gasteiger partial charge in [0.15, 0.2) is 0 Å². The number of benzene rings is 2. The quantitative estimate of drug-likeness (QED) is 0.188. The number of nitriles is 1. The Bertz CT molecular complexity index is 1250. The van der Waals surface area contributed by atoms with Crippen LogP contribution >= 0.6 is 0 Å². The van der Waals surface area contributed by atoms with Gasteiger partial charge in [-0.3, -0.25) is 25.0 Å². The number of nitro groups is 2. The van der Waals surface area contributed by atoms with E-state index in [1.54, 1.807) is 31.2 Å². The summed E-state index contributed by atoms with van der Waals surface area (Å²) in [5.74, 6) is -0.0440. The molecule has 0 saturated heterocycles. The van der Waals surface area contributed by atoms with Crippen LogP contribution in [0.25, 0.3) is 17.4 Å². The van der Waals surface area contributed by atoms with Crippen molar-refractivity contribution >= 4 is 23.2 Å². The number of nitro benzene ring substituents is 2. The maximum Gasteiger partial charge on any atom is 0.270 e.